The van der Waals surface area contributed by atoms with Crippen molar-refractivity contribution in [2.45, 2.75) is 12.8 Å². The predicted octanol–water partition coefficient (Wildman–Crippen LogP) is 1.41. The molecule has 0 bridgehead atoms. The molecule has 2 heterocycles. The molecule has 0 spiro atoms. The van der Waals surface area contributed by atoms with Crippen molar-refractivity contribution in [3.05, 3.63) is 41.3 Å². The van der Waals surface area contributed by atoms with Crippen LogP contribution in [0.1, 0.15) is 18.4 Å². The van der Waals surface area contributed by atoms with E-state index in [1.807, 2.05) is 18.2 Å². The molecule has 2 atom stereocenters. The zero-order valence-electron chi connectivity index (χ0n) is 10.7. The zero-order valence-corrected chi connectivity index (χ0v) is 10.7. The van der Waals surface area contributed by atoms with E-state index >= 15 is 0 Å². The number of ether oxygens (including phenoxy) is 1. The van der Waals surface area contributed by atoms with E-state index < -0.39 is 17.8 Å². The van der Waals surface area contributed by atoms with Gasteiger partial charge < -0.3 is 15.3 Å². The first-order valence-electron chi connectivity index (χ1n) is 6.05. The van der Waals surface area contributed by atoms with E-state index in [9.17, 15) is 10.1 Å². The highest BCUT2D eigenvalue weighted by molar-refractivity contribution is 6.05. The fourth-order valence-electron chi connectivity index (χ4n) is 2.56. The molecule has 2 aliphatic heterocycles. The Hall–Kier alpha value is -2.81. The number of hydrogen-bond donors (Lipinski definition) is 1. The third-order valence-electron chi connectivity index (χ3n) is 3.49. The molecule has 2 N–H and O–H groups in total. The highest BCUT2D eigenvalue weighted by Gasteiger charge is 2.44. The number of rotatable bonds is 1. The molecule has 0 aliphatic carbocycles. The van der Waals surface area contributed by atoms with Crippen LogP contribution in [0.3, 0.4) is 0 Å². The minimum Gasteiger partial charge on any atom is -0.440 e. The van der Waals surface area contributed by atoms with E-state index in [0.717, 1.165) is 5.56 Å². The number of oxime groups is 1. The number of para-hydroxylation sites is 1. The first-order chi connectivity index (χ1) is 9.63. The van der Waals surface area contributed by atoms with Gasteiger partial charge in [0.25, 0.3) is 0 Å². The third-order valence-corrected chi connectivity index (χ3v) is 3.49. The monoisotopic (exact) mass is 269 g/mol. The molecular weight excluding hydrogens is 258 g/mol. The Labute approximate surface area is 115 Å². The molecule has 1 aromatic rings. The maximum atomic E-state index is 11.9. The van der Waals surface area contributed by atoms with E-state index in [1.54, 1.807) is 19.1 Å². The summed E-state index contributed by atoms with van der Waals surface area (Å²) in [7, 11) is 0. The van der Waals surface area contributed by atoms with Crippen molar-refractivity contribution in [3.63, 3.8) is 0 Å². The molecule has 0 aromatic heterocycles. The summed E-state index contributed by atoms with van der Waals surface area (Å²) >= 11 is 0. The summed E-state index contributed by atoms with van der Waals surface area (Å²) in [4.78, 5) is 16.6. The molecule has 0 amide bonds. The van der Waals surface area contributed by atoms with E-state index in [2.05, 4.69) is 5.16 Å². The van der Waals surface area contributed by atoms with Crippen LogP contribution in [-0.2, 0) is 9.63 Å². The molecule has 2 aliphatic rings. The highest BCUT2D eigenvalue weighted by atomic mass is 16.7. The molecule has 1 aromatic carbocycles. The van der Waals surface area contributed by atoms with Gasteiger partial charge in [-0.25, -0.2) is 4.79 Å². The highest BCUT2D eigenvalue weighted by Crippen LogP contribution is 2.43. The quantitative estimate of drug-likeness (QED) is 0.777. The van der Waals surface area contributed by atoms with E-state index in [1.165, 1.54) is 0 Å². The number of nitriles is 1. The summed E-state index contributed by atoms with van der Waals surface area (Å²) in [6.07, 6.45) is 0. The Balaban J connectivity index is 2.19. The summed E-state index contributed by atoms with van der Waals surface area (Å²) < 4.78 is 5.44. The zero-order chi connectivity index (χ0) is 14.3. The Morgan fingerprint density at radius 2 is 2.10 bits per heavy atom. The normalized spacial score (nSPS) is 24.4. The molecule has 0 saturated carbocycles. The largest absolute Gasteiger partial charge is 0.440 e. The fourth-order valence-corrected chi connectivity index (χ4v) is 2.56. The lowest BCUT2D eigenvalue weighted by Gasteiger charge is -2.28. The summed E-state index contributed by atoms with van der Waals surface area (Å²) in [5.74, 6) is -1.09. The number of fused-ring (bicyclic) bond motifs is 1. The van der Waals surface area contributed by atoms with Gasteiger partial charge in [0, 0.05) is 11.5 Å². The first-order valence-corrected chi connectivity index (χ1v) is 6.05. The van der Waals surface area contributed by atoms with E-state index in [-0.39, 0.29) is 11.5 Å². The predicted molar refractivity (Wildman–Crippen MR) is 69.3 cm³/mol. The number of hydrogen-bond acceptors (Lipinski definition) is 6. The van der Waals surface area contributed by atoms with Crippen LogP contribution in [0.4, 0.5) is 0 Å². The topological polar surface area (TPSA) is 97.7 Å². The van der Waals surface area contributed by atoms with Gasteiger partial charge in [0.05, 0.1) is 11.3 Å². The maximum Gasteiger partial charge on any atom is 0.344 e. The average Bonchev–Trinajstić information content (AvgIpc) is 2.77. The van der Waals surface area contributed by atoms with Gasteiger partial charge in [-0.05, 0) is 13.0 Å². The van der Waals surface area contributed by atoms with Crippen LogP contribution < -0.4 is 10.5 Å². The lowest BCUT2D eigenvalue weighted by Crippen LogP contribution is -2.31. The van der Waals surface area contributed by atoms with Crippen LogP contribution >= 0.6 is 0 Å². The number of carbonyl (C=O) groups is 1. The Kier molecular flexibility index (Phi) is 2.68. The molecule has 0 fully saturated rings. The second-order valence-electron chi connectivity index (χ2n) is 4.63. The van der Waals surface area contributed by atoms with Crippen molar-refractivity contribution in [1.82, 2.24) is 0 Å². The van der Waals surface area contributed by atoms with Crippen molar-refractivity contribution in [2.75, 3.05) is 0 Å². The van der Waals surface area contributed by atoms with Crippen molar-refractivity contribution in [2.24, 2.45) is 16.8 Å². The first kappa shape index (κ1) is 12.2. The summed E-state index contributed by atoms with van der Waals surface area (Å²) in [5, 5.41) is 13.0. The van der Waals surface area contributed by atoms with Gasteiger partial charge in [0.15, 0.2) is 0 Å². The number of nitrogens with two attached hydrogens (primary N) is 1. The Morgan fingerprint density at radius 1 is 1.35 bits per heavy atom. The summed E-state index contributed by atoms with van der Waals surface area (Å²) in [6, 6.07) is 9.20. The van der Waals surface area contributed by atoms with Gasteiger partial charge in [0.2, 0.25) is 5.88 Å². The van der Waals surface area contributed by atoms with Gasteiger partial charge in [-0.2, -0.15) is 5.26 Å². The van der Waals surface area contributed by atoms with Gasteiger partial charge in [-0.15, -0.1) is 0 Å². The van der Waals surface area contributed by atoms with Gasteiger partial charge in [-0.3, -0.25) is 0 Å². The second-order valence-corrected chi connectivity index (χ2v) is 4.63. The molecule has 6 nitrogen and oxygen atoms in total. The molecule has 0 saturated heterocycles. The second kappa shape index (κ2) is 4.38. The van der Waals surface area contributed by atoms with Gasteiger partial charge >= 0.3 is 5.97 Å². The number of allylic oxidation sites excluding steroid dienone is 1. The molecule has 0 radical (unpaired) electrons. The molecule has 3 rings (SSSR count). The minimum atomic E-state index is -0.645. The molecular formula is C14H11N3O3. The molecule has 2 unspecified atom stereocenters. The van der Waals surface area contributed by atoms with Crippen LogP contribution in [-0.4, -0.2) is 11.7 Å². The van der Waals surface area contributed by atoms with E-state index in [0.29, 0.717) is 11.5 Å². The number of benzene rings is 1. The lowest BCUT2D eigenvalue weighted by atomic mass is 9.77. The van der Waals surface area contributed by atoms with Crippen molar-refractivity contribution in [3.8, 4) is 11.8 Å². The van der Waals surface area contributed by atoms with Gasteiger partial charge in [0.1, 0.15) is 17.7 Å². The third kappa shape index (κ3) is 1.64. The van der Waals surface area contributed by atoms with Crippen LogP contribution in [0.5, 0.6) is 5.75 Å². The van der Waals surface area contributed by atoms with Crippen LogP contribution in [0.15, 0.2) is 40.9 Å². The van der Waals surface area contributed by atoms with Crippen molar-refractivity contribution in [1.29, 1.82) is 5.26 Å². The molecule has 6 heteroatoms. The number of nitrogens with zero attached hydrogens (tertiary/aromatic N) is 2. The van der Waals surface area contributed by atoms with Crippen LogP contribution in [0.25, 0.3) is 0 Å². The summed E-state index contributed by atoms with van der Waals surface area (Å²) in [5.41, 5.74) is 7.28. The van der Waals surface area contributed by atoms with Crippen molar-refractivity contribution < 1.29 is 14.4 Å². The van der Waals surface area contributed by atoms with Crippen LogP contribution in [0.2, 0.25) is 0 Å². The SMILES string of the molecule is CC1=NOC(=O)C1C1C(C#N)=C(N)Oc2ccccc21. The van der Waals surface area contributed by atoms with E-state index in [4.69, 9.17) is 15.3 Å². The number of carbonyl (C=O) groups excluding carboxylic acids is 1. The fraction of sp³-hybridized carbons (Fsp3) is 0.214. The smallest absolute Gasteiger partial charge is 0.344 e. The standard InChI is InChI=1S/C14H11N3O3/c1-7-11(14(18)20-17-7)12-8-4-2-3-5-10(8)19-13(16)9(12)6-15/h2-5,11-12H,16H2,1H3. The van der Waals surface area contributed by atoms with Crippen LogP contribution in [0, 0.1) is 17.2 Å². The minimum absolute atomic E-state index is 0.0173. The lowest BCUT2D eigenvalue weighted by molar-refractivity contribution is -0.143. The molecule has 20 heavy (non-hydrogen) atoms. The van der Waals surface area contributed by atoms with Crippen molar-refractivity contribution >= 4 is 11.7 Å². The average molecular weight is 269 g/mol. The summed E-state index contributed by atoms with van der Waals surface area (Å²) in [6.45, 7) is 1.69. The van der Waals surface area contributed by atoms with Gasteiger partial charge in [-0.1, -0.05) is 23.4 Å². The Morgan fingerprint density at radius 3 is 2.75 bits per heavy atom. The molecule has 100 valence electrons. The Bertz CT molecular complexity index is 700. The maximum absolute atomic E-state index is 11.9.